The first kappa shape index (κ1) is 22.7. The Kier molecular flexibility index (Phi) is 6.03. The lowest BCUT2D eigenvalue weighted by atomic mass is 9.93. The molecule has 0 fully saturated rings. The molecule has 3 aromatic carbocycles. The number of Topliss-reactive ketones (excluding diaryl/α,β-unsaturated/α-hetero) is 1. The molecule has 7 nitrogen and oxygen atoms in total. The zero-order valence-electron chi connectivity index (χ0n) is 19.7. The van der Waals surface area contributed by atoms with Crippen LogP contribution >= 0.6 is 0 Å². The van der Waals surface area contributed by atoms with Gasteiger partial charge >= 0.3 is 0 Å². The van der Waals surface area contributed by atoms with Crippen molar-refractivity contribution in [2.45, 2.75) is 19.1 Å². The van der Waals surface area contributed by atoms with Crippen LogP contribution in [0.15, 0.2) is 79.1 Å². The lowest BCUT2D eigenvalue weighted by Gasteiger charge is -2.24. The van der Waals surface area contributed by atoms with Crippen molar-refractivity contribution in [2.75, 3.05) is 14.1 Å². The van der Waals surface area contributed by atoms with Crippen molar-refractivity contribution in [3.8, 4) is 16.8 Å². The van der Waals surface area contributed by atoms with Crippen LogP contribution in [-0.4, -0.2) is 40.2 Å². The number of aromatic nitrogens is 2. The molecule has 1 aliphatic rings. The van der Waals surface area contributed by atoms with E-state index in [1.165, 1.54) is 11.1 Å². The first-order valence-corrected chi connectivity index (χ1v) is 11.5. The summed E-state index contributed by atoms with van der Waals surface area (Å²) in [5.74, 6) is -0.576. The van der Waals surface area contributed by atoms with Gasteiger partial charge in [0, 0.05) is 24.3 Å². The minimum atomic E-state index is -0.515. The largest absolute Gasteiger partial charge is 0.366 e. The van der Waals surface area contributed by atoms with Crippen LogP contribution in [0, 0.1) is 0 Å². The van der Waals surface area contributed by atoms with Gasteiger partial charge in [-0.15, -0.1) is 0 Å². The molecule has 35 heavy (non-hydrogen) atoms. The van der Waals surface area contributed by atoms with Gasteiger partial charge in [0.15, 0.2) is 0 Å². The maximum absolute atomic E-state index is 13.6. The van der Waals surface area contributed by atoms with E-state index in [0.29, 0.717) is 29.2 Å². The second-order valence-electron chi connectivity index (χ2n) is 9.02. The van der Waals surface area contributed by atoms with E-state index in [9.17, 15) is 9.59 Å². The van der Waals surface area contributed by atoms with Crippen molar-refractivity contribution in [2.24, 2.45) is 5.73 Å². The summed E-state index contributed by atoms with van der Waals surface area (Å²) in [6.45, 7) is 1.33. The van der Waals surface area contributed by atoms with E-state index in [1.54, 1.807) is 29.1 Å². The number of ketones is 1. The Balaban J connectivity index is 1.45. The van der Waals surface area contributed by atoms with Crippen molar-refractivity contribution < 1.29 is 9.59 Å². The van der Waals surface area contributed by atoms with Gasteiger partial charge < -0.3 is 10.6 Å². The van der Waals surface area contributed by atoms with Gasteiger partial charge in [-0.1, -0.05) is 54.6 Å². The van der Waals surface area contributed by atoms with E-state index >= 15 is 0 Å². The monoisotopic (exact) mass is 465 g/mol. The summed E-state index contributed by atoms with van der Waals surface area (Å²) in [7, 11) is 4.12. The number of carbonyl (C=O) groups excluding carboxylic acids is 2. The number of nitrogens with one attached hydrogen (secondary N) is 1. The number of fused-ring (bicyclic) bond motifs is 1. The number of nitrogens with two attached hydrogens (primary N) is 1. The molecule has 7 heteroatoms. The summed E-state index contributed by atoms with van der Waals surface area (Å²) < 4.78 is 1.74. The molecule has 1 unspecified atom stereocenters. The predicted molar refractivity (Wildman–Crippen MR) is 135 cm³/mol. The van der Waals surface area contributed by atoms with E-state index in [2.05, 4.69) is 59.6 Å². The number of hydrogen-bond donors (Lipinski definition) is 2. The van der Waals surface area contributed by atoms with Crippen molar-refractivity contribution in [3.63, 3.8) is 0 Å². The number of carbonyl (C=O) groups is 2. The van der Waals surface area contributed by atoms with Crippen molar-refractivity contribution >= 4 is 11.7 Å². The van der Waals surface area contributed by atoms with Crippen LogP contribution in [0.1, 0.15) is 43.7 Å². The third kappa shape index (κ3) is 4.39. The van der Waals surface area contributed by atoms with Gasteiger partial charge in [-0.05, 0) is 54.5 Å². The Morgan fingerprint density at radius 1 is 1.09 bits per heavy atom. The summed E-state index contributed by atoms with van der Waals surface area (Å²) in [4.78, 5) is 31.8. The fraction of sp³-hybridized carbons (Fsp3) is 0.179. The first-order chi connectivity index (χ1) is 16.9. The molecule has 0 saturated heterocycles. The smallest absolute Gasteiger partial charge is 0.248 e. The first-order valence-electron chi connectivity index (χ1n) is 11.5. The highest BCUT2D eigenvalue weighted by Crippen LogP contribution is 2.30. The molecule has 176 valence electrons. The topological polar surface area (TPSA) is 93.2 Å². The second kappa shape index (κ2) is 9.29. The zero-order chi connectivity index (χ0) is 24.5. The molecule has 0 bridgehead atoms. The van der Waals surface area contributed by atoms with Crippen LogP contribution in [0.3, 0.4) is 0 Å². The van der Waals surface area contributed by atoms with E-state index in [1.807, 2.05) is 24.3 Å². The highest BCUT2D eigenvalue weighted by atomic mass is 16.1. The van der Waals surface area contributed by atoms with Crippen LogP contribution in [-0.2, 0) is 13.1 Å². The van der Waals surface area contributed by atoms with Crippen molar-refractivity contribution in [1.82, 2.24) is 19.8 Å². The SMILES string of the molecule is CN(C)Cc1ccccc1-c1ccc(C2NCc3ncn(-c4cccc(C(N)=O)c4)c3C2=O)cc1. The fourth-order valence-electron chi connectivity index (χ4n) is 4.61. The van der Waals surface area contributed by atoms with E-state index < -0.39 is 11.9 Å². The van der Waals surface area contributed by atoms with Crippen LogP contribution in [0.2, 0.25) is 0 Å². The Bertz CT molecular complexity index is 1410. The molecule has 5 rings (SSSR count). The summed E-state index contributed by atoms with van der Waals surface area (Å²) in [5, 5.41) is 3.33. The van der Waals surface area contributed by atoms with Crippen LogP contribution in [0.4, 0.5) is 0 Å². The second-order valence-corrected chi connectivity index (χ2v) is 9.02. The molecule has 1 atom stereocenters. The quantitative estimate of drug-likeness (QED) is 0.453. The number of hydrogen-bond acceptors (Lipinski definition) is 5. The van der Waals surface area contributed by atoms with E-state index in [4.69, 9.17) is 5.73 Å². The normalized spacial score (nSPS) is 15.3. The van der Waals surface area contributed by atoms with Gasteiger partial charge in [-0.2, -0.15) is 0 Å². The molecule has 1 aromatic heterocycles. The van der Waals surface area contributed by atoms with E-state index in [0.717, 1.165) is 17.7 Å². The van der Waals surface area contributed by atoms with Crippen LogP contribution < -0.4 is 11.1 Å². The average Bonchev–Trinajstić information content (AvgIpc) is 3.30. The van der Waals surface area contributed by atoms with Gasteiger partial charge in [-0.25, -0.2) is 4.98 Å². The molecular formula is C28H27N5O2. The standard InChI is InChI=1S/C28H27N5O2/c1-32(2)16-21-6-3-4-9-23(21)18-10-12-19(13-11-18)25-27(34)26-24(15-30-25)31-17-33(26)22-8-5-7-20(14-22)28(29)35/h3-14,17,25,30H,15-16H2,1-2H3,(H2,29,35). The molecule has 2 heterocycles. The van der Waals surface area contributed by atoms with Crippen molar-refractivity contribution in [1.29, 1.82) is 0 Å². The fourth-order valence-corrected chi connectivity index (χ4v) is 4.61. The maximum Gasteiger partial charge on any atom is 0.248 e. The third-order valence-corrected chi connectivity index (χ3v) is 6.28. The van der Waals surface area contributed by atoms with Crippen molar-refractivity contribution in [3.05, 3.63) is 107 Å². The molecule has 1 amide bonds. The maximum atomic E-state index is 13.6. The Morgan fingerprint density at radius 2 is 1.86 bits per heavy atom. The van der Waals surface area contributed by atoms with Crippen LogP contribution in [0.25, 0.3) is 16.8 Å². The third-order valence-electron chi connectivity index (χ3n) is 6.28. The molecule has 0 saturated carbocycles. The lowest BCUT2D eigenvalue weighted by molar-refractivity contribution is 0.0922. The summed E-state index contributed by atoms with van der Waals surface area (Å²) in [6, 6.07) is 23.0. The molecular weight excluding hydrogens is 438 g/mol. The molecule has 3 N–H and O–H groups in total. The highest BCUT2D eigenvalue weighted by Gasteiger charge is 2.32. The summed E-state index contributed by atoms with van der Waals surface area (Å²) >= 11 is 0. The number of primary amides is 1. The molecule has 0 radical (unpaired) electrons. The Hall–Kier alpha value is -4.07. The summed E-state index contributed by atoms with van der Waals surface area (Å²) in [6.07, 6.45) is 1.62. The highest BCUT2D eigenvalue weighted by molar-refractivity contribution is 6.02. The molecule has 1 aliphatic heterocycles. The number of rotatable bonds is 6. The van der Waals surface area contributed by atoms with Gasteiger partial charge in [0.1, 0.15) is 12.0 Å². The Labute approximate surface area is 204 Å². The Morgan fingerprint density at radius 3 is 2.60 bits per heavy atom. The van der Waals surface area contributed by atoms with Gasteiger partial charge in [0.2, 0.25) is 11.7 Å². The van der Waals surface area contributed by atoms with Gasteiger partial charge in [0.25, 0.3) is 0 Å². The van der Waals surface area contributed by atoms with Gasteiger partial charge in [-0.3, -0.25) is 19.5 Å². The number of nitrogens with zero attached hydrogens (tertiary/aromatic N) is 3. The minimum absolute atomic E-state index is 0.0611. The number of imidazole rings is 1. The predicted octanol–water partition coefficient (Wildman–Crippen LogP) is 3.73. The summed E-state index contributed by atoms with van der Waals surface area (Å²) in [5.41, 5.74) is 12.2. The lowest BCUT2D eigenvalue weighted by Crippen LogP contribution is -2.35. The van der Waals surface area contributed by atoms with Crippen LogP contribution in [0.5, 0.6) is 0 Å². The number of benzene rings is 3. The number of amides is 1. The molecule has 0 aliphatic carbocycles. The van der Waals surface area contributed by atoms with Gasteiger partial charge in [0.05, 0.1) is 11.7 Å². The average molecular weight is 466 g/mol. The minimum Gasteiger partial charge on any atom is -0.366 e. The zero-order valence-corrected chi connectivity index (χ0v) is 19.7. The molecule has 4 aromatic rings. The van der Waals surface area contributed by atoms with E-state index in [-0.39, 0.29) is 5.78 Å². The molecule has 0 spiro atoms.